The Labute approximate surface area is 101 Å². The lowest BCUT2D eigenvalue weighted by atomic mass is 10.3. The van der Waals surface area contributed by atoms with Gasteiger partial charge in [0.05, 0.1) is 6.54 Å². The summed E-state index contributed by atoms with van der Waals surface area (Å²) < 4.78 is 38.8. The predicted octanol–water partition coefficient (Wildman–Crippen LogP) is 0.617. The molecule has 1 N–H and O–H groups in total. The summed E-state index contributed by atoms with van der Waals surface area (Å²) in [6, 6.07) is 0. The molecule has 9 heteroatoms. The van der Waals surface area contributed by atoms with Gasteiger partial charge in [0.1, 0.15) is 0 Å². The second kappa shape index (κ2) is 4.13. The van der Waals surface area contributed by atoms with Crippen LogP contribution in [0.5, 0.6) is 0 Å². The minimum absolute atomic E-state index is 0.180. The highest BCUT2D eigenvalue weighted by atomic mass is 32.1. The molecule has 2 rings (SSSR count). The predicted molar refractivity (Wildman–Crippen MR) is 57.1 cm³/mol. The molecule has 0 aliphatic carbocycles. The van der Waals surface area contributed by atoms with Gasteiger partial charge in [-0.3, -0.25) is 0 Å². The molecule has 0 bridgehead atoms. The van der Waals surface area contributed by atoms with Crippen LogP contribution in [0.2, 0.25) is 0 Å². The van der Waals surface area contributed by atoms with Gasteiger partial charge < -0.3 is 14.8 Å². The zero-order valence-electron chi connectivity index (χ0n) is 8.95. The maximum Gasteiger partial charge on any atom is 0.451 e. The summed E-state index contributed by atoms with van der Waals surface area (Å²) in [5.41, 5.74) is 0. The molecule has 0 saturated heterocycles. The van der Waals surface area contributed by atoms with Gasteiger partial charge in [0.15, 0.2) is 10.9 Å². The van der Waals surface area contributed by atoms with E-state index in [2.05, 4.69) is 15.5 Å². The van der Waals surface area contributed by atoms with E-state index < -0.39 is 12.0 Å². The van der Waals surface area contributed by atoms with Crippen molar-refractivity contribution in [1.29, 1.82) is 0 Å². The van der Waals surface area contributed by atoms with Crippen LogP contribution in [0.3, 0.4) is 0 Å². The topological polar surface area (TPSA) is 46.0 Å². The molecule has 1 aromatic rings. The standard InChI is InChI=1S/C8H10F3N5S/c1-12-7(17)15-2-3-16-5(4-15)13-14-6(16)8(9,10)11/h2-4H2,1H3,(H,12,17). The second-order valence-corrected chi connectivity index (χ2v) is 3.95. The third-order valence-electron chi connectivity index (χ3n) is 2.51. The third-order valence-corrected chi connectivity index (χ3v) is 2.97. The van der Waals surface area contributed by atoms with Gasteiger partial charge in [-0.25, -0.2) is 0 Å². The van der Waals surface area contributed by atoms with Gasteiger partial charge in [-0.2, -0.15) is 13.2 Å². The number of halogens is 3. The van der Waals surface area contributed by atoms with Gasteiger partial charge in [0, 0.05) is 20.1 Å². The second-order valence-electron chi connectivity index (χ2n) is 3.57. The molecule has 0 saturated carbocycles. The minimum atomic E-state index is -4.46. The van der Waals surface area contributed by atoms with E-state index in [9.17, 15) is 13.2 Å². The van der Waals surface area contributed by atoms with Crippen LogP contribution in [0.4, 0.5) is 13.2 Å². The average Bonchev–Trinajstić information content (AvgIpc) is 2.70. The van der Waals surface area contributed by atoms with Crippen molar-refractivity contribution < 1.29 is 13.2 Å². The van der Waals surface area contributed by atoms with Crippen molar-refractivity contribution in [2.75, 3.05) is 13.6 Å². The Bertz CT molecular complexity index is 441. The first-order chi connectivity index (χ1) is 7.93. The molecule has 1 aliphatic rings. The summed E-state index contributed by atoms with van der Waals surface area (Å²) >= 11 is 5.02. The number of rotatable bonds is 0. The molecule has 0 aromatic carbocycles. The summed E-state index contributed by atoms with van der Waals surface area (Å²) in [5.74, 6) is -0.663. The molecule has 0 unspecified atom stereocenters. The summed E-state index contributed by atoms with van der Waals surface area (Å²) in [6.45, 7) is 0.829. The maximum atomic E-state index is 12.6. The lowest BCUT2D eigenvalue weighted by Gasteiger charge is -2.29. The Hall–Kier alpha value is -1.38. The van der Waals surface area contributed by atoms with Gasteiger partial charge >= 0.3 is 6.18 Å². The number of hydrogen-bond donors (Lipinski definition) is 1. The molecule has 0 atom stereocenters. The molecule has 0 fully saturated rings. The molecule has 1 aromatic heterocycles. The molecule has 17 heavy (non-hydrogen) atoms. The number of nitrogens with zero attached hydrogens (tertiary/aromatic N) is 4. The average molecular weight is 265 g/mol. The molecular formula is C8H10F3N5S. The van der Waals surface area contributed by atoms with Gasteiger partial charge in [0.2, 0.25) is 5.82 Å². The van der Waals surface area contributed by atoms with Gasteiger partial charge in [0.25, 0.3) is 0 Å². The Morgan fingerprint density at radius 2 is 2.06 bits per heavy atom. The smallest absolute Gasteiger partial charge is 0.366 e. The molecule has 94 valence electrons. The fourth-order valence-corrected chi connectivity index (χ4v) is 1.85. The van der Waals surface area contributed by atoms with Gasteiger partial charge in [-0.05, 0) is 12.2 Å². The van der Waals surface area contributed by atoms with E-state index in [0.717, 1.165) is 4.57 Å². The van der Waals surface area contributed by atoms with E-state index in [0.29, 0.717) is 11.7 Å². The quantitative estimate of drug-likeness (QED) is 0.697. The van der Waals surface area contributed by atoms with Gasteiger partial charge in [-0.15, -0.1) is 10.2 Å². The first kappa shape index (κ1) is 12.1. The number of thiocarbonyl (C=S) groups is 1. The Balaban J connectivity index is 2.25. The van der Waals surface area contributed by atoms with Crippen molar-refractivity contribution >= 4 is 17.3 Å². The van der Waals surface area contributed by atoms with Crippen LogP contribution in [0.25, 0.3) is 0 Å². The molecule has 2 heterocycles. The van der Waals surface area contributed by atoms with Crippen molar-refractivity contribution in [3.8, 4) is 0 Å². The number of aromatic nitrogens is 3. The van der Waals surface area contributed by atoms with Crippen molar-refractivity contribution in [2.24, 2.45) is 0 Å². The van der Waals surface area contributed by atoms with Crippen LogP contribution in [0, 0.1) is 0 Å². The van der Waals surface area contributed by atoms with E-state index in [4.69, 9.17) is 12.2 Å². The van der Waals surface area contributed by atoms with Crippen molar-refractivity contribution in [3.05, 3.63) is 11.6 Å². The highest BCUT2D eigenvalue weighted by Crippen LogP contribution is 2.29. The number of alkyl halides is 3. The number of hydrogen-bond acceptors (Lipinski definition) is 3. The zero-order valence-corrected chi connectivity index (χ0v) is 9.77. The lowest BCUT2D eigenvalue weighted by Crippen LogP contribution is -2.43. The van der Waals surface area contributed by atoms with Crippen LogP contribution in [-0.2, 0) is 19.3 Å². The monoisotopic (exact) mass is 265 g/mol. The Morgan fingerprint density at radius 3 is 2.65 bits per heavy atom. The SMILES string of the molecule is CNC(=S)N1CCn2c(nnc2C(F)(F)F)C1. The van der Waals surface area contributed by atoms with E-state index in [1.807, 2.05) is 0 Å². The molecular weight excluding hydrogens is 255 g/mol. The normalized spacial score (nSPS) is 15.6. The third kappa shape index (κ3) is 2.19. The Morgan fingerprint density at radius 1 is 1.35 bits per heavy atom. The molecule has 0 radical (unpaired) electrons. The highest BCUT2D eigenvalue weighted by Gasteiger charge is 2.39. The highest BCUT2D eigenvalue weighted by molar-refractivity contribution is 7.80. The first-order valence-electron chi connectivity index (χ1n) is 4.89. The van der Waals surface area contributed by atoms with Crippen LogP contribution in [-0.4, -0.2) is 38.4 Å². The molecule has 5 nitrogen and oxygen atoms in total. The Kier molecular flexibility index (Phi) is 2.94. The molecule has 1 aliphatic heterocycles. The number of nitrogens with one attached hydrogen (secondary N) is 1. The van der Waals surface area contributed by atoms with Crippen molar-refractivity contribution in [1.82, 2.24) is 25.0 Å². The molecule has 0 amide bonds. The van der Waals surface area contributed by atoms with Crippen molar-refractivity contribution in [3.63, 3.8) is 0 Å². The van der Waals surface area contributed by atoms with Crippen LogP contribution < -0.4 is 5.32 Å². The number of fused-ring (bicyclic) bond motifs is 1. The largest absolute Gasteiger partial charge is 0.451 e. The zero-order chi connectivity index (χ0) is 12.6. The minimum Gasteiger partial charge on any atom is -0.366 e. The lowest BCUT2D eigenvalue weighted by molar-refractivity contribution is -0.147. The summed E-state index contributed by atoms with van der Waals surface area (Å²) in [4.78, 5) is 1.75. The van der Waals surface area contributed by atoms with E-state index >= 15 is 0 Å². The summed E-state index contributed by atoms with van der Waals surface area (Å²) in [6.07, 6.45) is -4.46. The fourth-order valence-electron chi connectivity index (χ4n) is 1.70. The van der Waals surface area contributed by atoms with Crippen molar-refractivity contribution in [2.45, 2.75) is 19.3 Å². The first-order valence-corrected chi connectivity index (χ1v) is 5.30. The van der Waals surface area contributed by atoms with Crippen LogP contribution in [0.15, 0.2) is 0 Å². The van der Waals surface area contributed by atoms with Crippen LogP contribution >= 0.6 is 12.2 Å². The summed E-state index contributed by atoms with van der Waals surface area (Å²) in [5, 5.41) is 10.0. The van der Waals surface area contributed by atoms with E-state index in [1.165, 1.54) is 0 Å². The van der Waals surface area contributed by atoms with Gasteiger partial charge in [-0.1, -0.05) is 0 Å². The van der Waals surface area contributed by atoms with Crippen LogP contribution in [0.1, 0.15) is 11.6 Å². The fraction of sp³-hybridized carbons (Fsp3) is 0.625. The summed E-state index contributed by atoms with van der Waals surface area (Å²) in [7, 11) is 1.67. The van der Waals surface area contributed by atoms with E-state index in [1.54, 1.807) is 11.9 Å². The maximum absolute atomic E-state index is 12.6. The molecule has 0 spiro atoms. The van der Waals surface area contributed by atoms with E-state index in [-0.39, 0.29) is 18.9 Å².